The van der Waals surface area contributed by atoms with Gasteiger partial charge in [0.15, 0.2) is 0 Å². The molecule has 0 radical (unpaired) electrons. The first kappa shape index (κ1) is 8.97. The SMILES string of the molecule is COCCN1C(=O)C2(CC2)NC1C. The van der Waals surface area contributed by atoms with Gasteiger partial charge < -0.3 is 9.64 Å². The quantitative estimate of drug-likeness (QED) is 0.668. The Morgan fingerprint density at radius 3 is 2.85 bits per heavy atom. The van der Waals surface area contributed by atoms with Crippen LogP contribution in [-0.4, -0.2) is 42.8 Å². The monoisotopic (exact) mass is 184 g/mol. The Balaban J connectivity index is 1.98. The van der Waals surface area contributed by atoms with Crippen LogP contribution in [-0.2, 0) is 9.53 Å². The van der Waals surface area contributed by atoms with Crippen LogP contribution in [0.3, 0.4) is 0 Å². The molecule has 1 spiro atoms. The first-order chi connectivity index (χ1) is 6.19. The van der Waals surface area contributed by atoms with Gasteiger partial charge in [-0.25, -0.2) is 0 Å². The molecule has 2 aliphatic rings. The van der Waals surface area contributed by atoms with E-state index in [1.165, 1.54) is 0 Å². The van der Waals surface area contributed by atoms with Crippen LogP contribution in [0.15, 0.2) is 0 Å². The van der Waals surface area contributed by atoms with Crippen molar-refractivity contribution >= 4 is 5.91 Å². The summed E-state index contributed by atoms with van der Waals surface area (Å²) >= 11 is 0. The molecule has 1 saturated carbocycles. The molecule has 2 rings (SSSR count). The zero-order chi connectivity index (χ0) is 9.47. The fourth-order valence-electron chi connectivity index (χ4n) is 1.96. The van der Waals surface area contributed by atoms with E-state index in [0.29, 0.717) is 13.2 Å². The summed E-state index contributed by atoms with van der Waals surface area (Å²) in [5.41, 5.74) is -0.173. The Hall–Kier alpha value is -0.610. The van der Waals surface area contributed by atoms with Gasteiger partial charge in [0.25, 0.3) is 0 Å². The van der Waals surface area contributed by atoms with Crippen LogP contribution in [0.2, 0.25) is 0 Å². The molecule has 1 atom stereocenters. The third-order valence-electron chi connectivity index (χ3n) is 2.91. The van der Waals surface area contributed by atoms with Gasteiger partial charge in [0.05, 0.1) is 18.3 Å². The molecule has 1 saturated heterocycles. The number of carbonyl (C=O) groups is 1. The molecular weight excluding hydrogens is 168 g/mol. The number of rotatable bonds is 3. The van der Waals surface area contributed by atoms with Gasteiger partial charge in [-0.1, -0.05) is 0 Å². The van der Waals surface area contributed by atoms with Crippen molar-refractivity contribution in [2.75, 3.05) is 20.3 Å². The van der Waals surface area contributed by atoms with Crippen LogP contribution in [0.25, 0.3) is 0 Å². The largest absolute Gasteiger partial charge is 0.383 e. The number of nitrogens with one attached hydrogen (secondary N) is 1. The number of amides is 1. The molecule has 0 bridgehead atoms. The molecule has 74 valence electrons. The van der Waals surface area contributed by atoms with E-state index in [1.807, 2.05) is 11.8 Å². The molecule has 2 fully saturated rings. The summed E-state index contributed by atoms with van der Waals surface area (Å²) in [6.45, 7) is 3.35. The summed E-state index contributed by atoms with van der Waals surface area (Å²) in [7, 11) is 1.66. The minimum Gasteiger partial charge on any atom is -0.383 e. The van der Waals surface area contributed by atoms with Gasteiger partial charge in [0.2, 0.25) is 5.91 Å². The Kier molecular flexibility index (Phi) is 2.04. The fourth-order valence-corrected chi connectivity index (χ4v) is 1.96. The summed E-state index contributed by atoms with van der Waals surface area (Å²) in [6.07, 6.45) is 2.17. The minimum absolute atomic E-state index is 0.171. The Morgan fingerprint density at radius 2 is 2.38 bits per heavy atom. The smallest absolute Gasteiger partial charge is 0.244 e. The second-order valence-corrected chi connectivity index (χ2v) is 3.89. The van der Waals surface area contributed by atoms with Crippen LogP contribution >= 0.6 is 0 Å². The molecule has 0 aromatic rings. The van der Waals surface area contributed by atoms with Crippen molar-refractivity contribution in [2.45, 2.75) is 31.5 Å². The average molecular weight is 184 g/mol. The molecule has 4 nitrogen and oxygen atoms in total. The molecule has 4 heteroatoms. The van der Waals surface area contributed by atoms with E-state index in [0.717, 1.165) is 12.8 Å². The molecule has 0 aromatic heterocycles. The lowest BCUT2D eigenvalue weighted by molar-refractivity contribution is -0.131. The maximum Gasteiger partial charge on any atom is 0.244 e. The van der Waals surface area contributed by atoms with Crippen molar-refractivity contribution in [2.24, 2.45) is 0 Å². The highest BCUT2D eigenvalue weighted by Gasteiger charge is 2.57. The predicted molar refractivity (Wildman–Crippen MR) is 48.2 cm³/mol. The topological polar surface area (TPSA) is 41.6 Å². The number of ether oxygens (including phenoxy) is 1. The zero-order valence-electron chi connectivity index (χ0n) is 8.17. The number of hydrogen-bond donors (Lipinski definition) is 1. The highest BCUT2D eigenvalue weighted by Crippen LogP contribution is 2.41. The molecule has 0 aromatic carbocycles. The van der Waals surface area contributed by atoms with E-state index >= 15 is 0 Å². The highest BCUT2D eigenvalue weighted by atomic mass is 16.5. The predicted octanol–water partition coefficient (Wildman–Crippen LogP) is -0.0568. The summed E-state index contributed by atoms with van der Waals surface area (Å²) in [5, 5.41) is 3.33. The van der Waals surface area contributed by atoms with E-state index in [4.69, 9.17) is 4.74 Å². The van der Waals surface area contributed by atoms with Gasteiger partial charge in [-0.05, 0) is 19.8 Å². The first-order valence-corrected chi connectivity index (χ1v) is 4.77. The third kappa shape index (κ3) is 1.34. The van der Waals surface area contributed by atoms with E-state index < -0.39 is 0 Å². The summed E-state index contributed by atoms with van der Waals surface area (Å²) in [5.74, 6) is 0.261. The van der Waals surface area contributed by atoms with E-state index in [2.05, 4.69) is 5.32 Å². The lowest BCUT2D eigenvalue weighted by atomic mass is 10.3. The Bertz CT molecular complexity index is 226. The average Bonchev–Trinajstić information content (AvgIpc) is 2.81. The van der Waals surface area contributed by atoms with Crippen LogP contribution in [0.4, 0.5) is 0 Å². The minimum atomic E-state index is -0.173. The molecular formula is C9H16N2O2. The number of nitrogens with zero attached hydrogens (tertiary/aromatic N) is 1. The van der Waals surface area contributed by atoms with Gasteiger partial charge in [-0.15, -0.1) is 0 Å². The van der Waals surface area contributed by atoms with Crippen molar-refractivity contribution < 1.29 is 9.53 Å². The van der Waals surface area contributed by atoms with Crippen molar-refractivity contribution in [3.63, 3.8) is 0 Å². The van der Waals surface area contributed by atoms with Crippen molar-refractivity contribution in [1.82, 2.24) is 10.2 Å². The third-order valence-corrected chi connectivity index (χ3v) is 2.91. The van der Waals surface area contributed by atoms with Crippen LogP contribution < -0.4 is 5.32 Å². The van der Waals surface area contributed by atoms with Gasteiger partial charge in [0.1, 0.15) is 0 Å². The van der Waals surface area contributed by atoms with Crippen molar-refractivity contribution in [3.05, 3.63) is 0 Å². The maximum atomic E-state index is 11.8. The standard InChI is InChI=1S/C9H16N2O2/c1-7-10-9(3-4-9)8(12)11(7)5-6-13-2/h7,10H,3-6H2,1-2H3. The first-order valence-electron chi connectivity index (χ1n) is 4.77. The van der Waals surface area contributed by atoms with Crippen LogP contribution in [0, 0.1) is 0 Å². The zero-order valence-corrected chi connectivity index (χ0v) is 8.17. The number of hydrogen-bond acceptors (Lipinski definition) is 3. The highest BCUT2D eigenvalue weighted by molar-refractivity contribution is 5.91. The molecule has 1 aliphatic carbocycles. The van der Waals surface area contributed by atoms with E-state index in [1.54, 1.807) is 7.11 Å². The molecule has 1 unspecified atom stereocenters. The number of methoxy groups -OCH3 is 1. The van der Waals surface area contributed by atoms with Gasteiger partial charge in [-0.2, -0.15) is 0 Å². The molecule has 1 aliphatic heterocycles. The van der Waals surface area contributed by atoms with Crippen LogP contribution in [0.1, 0.15) is 19.8 Å². The van der Waals surface area contributed by atoms with Gasteiger partial charge in [-0.3, -0.25) is 10.1 Å². The summed E-state index contributed by atoms with van der Waals surface area (Å²) in [6, 6.07) is 0. The summed E-state index contributed by atoms with van der Waals surface area (Å²) < 4.78 is 4.97. The lowest BCUT2D eigenvalue weighted by Crippen LogP contribution is -2.37. The van der Waals surface area contributed by atoms with E-state index in [-0.39, 0.29) is 17.6 Å². The fraction of sp³-hybridized carbons (Fsp3) is 0.889. The normalized spacial score (nSPS) is 30.2. The lowest BCUT2D eigenvalue weighted by Gasteiger charge is -2.19. The molecule has 1 amide bonds. The second-order valence-electron chi connectivity index (χ2n) is 3.89. The Labute approximate surface area is 78.2 Å². The molecule has 1 heterocycles. The molecule has 13 heavy (non-hydrogen) atoms. The van der Waals surface area contributed by atoms with Crippen LogP contribution in [0.5, 0.6) is 0 Å². The summed E-state index contributed by atoms with van der Waals surface area (Å²) in [4.78, 5) is 13.7. The second kappa shape index (κ2) is 2.96. The van der Waals surface area contributed by atoms with Gasteiger partial charge >= 0.3 is 0 Å². The molecule has 1 N–H and O–H groups in total. The van der Waals surface area contributed by atoms with Crippen molar-refractivity contribution in [3.8, 4) is 0 Å². The maximum absolute atomic E-state index is 11.8. The van der Waals surface area contributed by atoms with E-state index in [9.17, 15) is 4.79 Å². The number of carbonyl (C=O) groups excluding carboxylic acids is 1. The van der Waals surface area contributed by atoms with Gasteiger partial charge in [0, 0.05) is 13.7 Å². The Morgan fingerprint density at radius 1 is 1.69 bits per heavy atom. The van der Waals surface area contributed by atoms with Crippen molar-refractivity contribution in [1.29, 1.82) is 0 Å².